The number of hydrogen-bond acceptors (Lipinski definition) is 3. The summed E-state index contributed by atoms with van der Waals surface area (Å²) < 4.78 is 13.2. The van der Waals surface area contributed by atoms with E-state index >= 15 is 0 Å². The molecular formula is C17H16FN3O2. The first kappa shape index (κ1) is 15.1. The molecule has 23 heavy (non-hydrogen) atoms. The zero-order valence-corrected chi connectivity index (χ0v) is 12.3. The minimum atomic E-state index is -0.333. The molecule has 0 aliphatic heterocycles. The van der Waals surface area contributed by atoms with Crippen molar-refractivity contribution in [3.63, 3.8) is 0 Å². The number of aromatic nitrogens is 1. The van der Waals surface area contributed by atoms with Gasteiger partial charge in [-0.1, -0.05) is 18.2 Å². The number of halogens is 1. The number of amides is 2. The minimum absolute atomic E-state index is 0.0124. The van der Waals surface area contributed by atoms with E-state index in [2.05, 4.69) is 15.8 Å². The van der Waals surface area contributed by atoms with Crippen LogP contribution in [0.1, 0.15) is 23.6 Å². The van der Waals surface area contributed by atoms with E-state index in [9.17, 15) is 14.0 Å². The van der Waals surface area contributed by atoms with Crippen LogP contribution in [0.4, 0.5) is 4.39 Å². The zero-order valence-electron chi connectivity index (χ0n) is 12.3. The minimum Gasteiger partial charge on any atom is -0.273 e. The highest BCUT2D eigenvalue weighted by Gasteiger charge is 2.44. The summed E-state index contributed by atoms with van der Waals surface area (Å²) >= 11 is 0. The summed E-state index contributed by atoms with van der Waals surface area (Å²) in [5.41, 5.74) is 6.24. The fourth-order valence-electron chi connectivity index (χ4n) is 2.53. The molecule has 1 heterocycles. The normalized spacial score (nSPS) is 19.0. The SMILES string of the molecule is O=C(Cc1ccccn1)NNC(=O)[C@H]1C[C@H]1c1cccc(F)c1. The second kappa shape index (κ2) is 6.56. The summed E-state index contributed by atoms with van der Waals surface area (Å²) in [5, 5.41) is 0. The fraction of sp³-hybridized carbons (Fsp3) is 0.235. The topological polar surface area (TPSA) is 71.1 Å². The van der Waals surface area contributed by atoms with Crippen molar-refractivity contribution in [2.75, 3.05) is 0 Å². The van der Waals surface area contributed by atoms with Gasteiger partial charge in [-0.2, -0.15) is 0 Å². The Hall–Kier alpha value is -2.76. The molecule has 2 amide bonds. The smallest absolute Gasteiger partial charge is 0.244 e. The molecule has 6 heteroatoms. The lowest BCUT2D eigenvalue weighted by molar-refractivity contribution is -0.129. The molecule has 0 bridgehead atoms. The number of hydrazine groups is 1. The third-order valence-corrected chi connectivity index (χ3v) is 3.80. The molecule has 0 saturated heterocycles. The van der Waals surface area contributed by atoms with E-state index in [1.807, 2.05) is 0 Å². The van der Waals surface area contributed by atoms with Crippen LogP contribution in [0.2, 0.25) is 0 Å². The zero-order chi connectivity index (χ0) is 16.2. The van der Waals surface area contributed by atoms with Crippen molar-refractivity contribution in [2.24, 2.45) is 5.92 Å². The van der Waals surface area contributed by atoms with E-state index in [0.717, 1.165) is 5.56 Å². The van der Waals surface area contributed by atoms with Gasteiger partial charge in [0.15, 0.2) is 0 Å². The third kappa shape index (κ3) is 3.91. The van der Waals surface area contributed by atoms with Gasteiger partial charge in [-0.15, -0.1) is 0 Å². The van der Waals surface area contributed by atoms with Crippen molar-refractivity contribution < 1.29 is 14.0 Å². The number of nitrogens with zero attached hydrogens (tertiary/aromatic N) is 1. The van der Waals surface area contributed by atoms with Gasteiger partial charge in [0.05, 0.1) is 6.42 Å². The molecular weight excluding hydrogens is 297 g/mol. The Kier molecular flexibility index (Phi) is 4.32. The number of rotatable bonds is 4. The number of carbonyl (C=O) groups excluding carboxylic acids is 2. The molecule has 0 spiro atoms. The van der Waals surface area contributed by atoms with E-state index in [1.165, 1.54) is 12.1 Å². The Bertz CT molecular complexity index is 721. The Balaban J connectivity index is 1.46. The van der Waals surface area contributed by atoms with Gasteiger partial charge in [0, 0.05) is 17.8 Å². The van der Waals surface area contributed by atoms with Gasteiger partial charge >= 0.3 is 0 Å². The van der Waals surface area contributed by atoms with Crippen LogP contribution in [0, 0.1) is 11.7 Å². The lowest BCUT2D eigenvalue weighted by atomic mass is 10.1. The van der Waals surface area contributed by atoms with Gasteiger partial charge in [0.25, 0.3) is 0 Å². The summed E-state index contributed by atoms with van der Waals surface area (Å²) in [7, 11) is 0. The predicted molar refractivity (Wildman–Crippen MR) is 81.5 cm³/mol. The van der Waals surface area contributed by atoms with Crippen LogP contribution < -0.4 is 10.9 Å². The molecule has 5 nitrogen and oxygen atoms in total. The van der Waals surface area contributed by atoms with Gasteiger partial charge in [-0.25, -0.2) is 4.39 Å². The van der Waals surface area contributed by atoms with Gasteiger partial charge in [-0.05, 0) is 42.2 Å². The third-order valence-electron chi connectivity index (χ3n) is 3.80. The van der Waals surface area contributed by atoms with Crippen molar-refractivity contribution in [1.82, 2.24) is 15.8 Å². The first-order chi connectivity index (χ1) is 11.1. The number of pyridine rings is 1. The number of benzene rings is 1. The van der Waals surface area contributed by atoms with Gasteiger partial charge in [-0.3, -0.25) is 25.4 Å². The van der Waals surface area contributed by atoms with Crippen LogP contribution in [0.3, 0.4) is 0 Å². The first-order valence-electron chi connectivity index (χ1n) is 7.37. The molecule has 2 atom stereocenters. The summed E-state index contributed by atoms with van der Waals surface area (Å²) in [6, 6.07) is 11.6. The molecule has 2 N–H and O–H groups in total. The summed E-state index contributed by atoms with van der Waals surface area (Å²) in [6.07, 6.45) is 2.36. The second-order valence-corrected chi connectivity index (χ2v) is 5.54. The molecule has 1 aromatic carbocycles. The van der Waals surface area contributed by atoms with Gasteiger partial charge in [0.2, 0.25) is 11.8 Å². The van der Waals surface area contributed by atoms with Gasteiger partial charge in [0.1, 0.15) is 5.82 Å². The number of nitrogens with one attached hydrogen (secondary N) is 2. The highest BCUT2D eigenvalue weighted by atomic mass is 19.1. The molecule has 1 fully saturated rings. The molecule has 1 aromatic heterocycles. The van der Waals surface area contributed by atoms with Gasteiger partial charge < -0.3 is 0 Å². The summed E-state index contributed by atoms with van der Waals surface area (Å²) in [6.45, 7) is 0. The monoisotopic (exact) mass is 313 g/mol. The molecule has 118 valence electrons. The maximum Gasteiger partial charge on any atom is 0.244 e. The summed E-state index contributed by atoms with van der Waals surface area (Å²) in [5.74, 6) is -1.11. The van der Waals surface area contributed by atoms with Crippen LogP contribution in [0.5, 0.6) is 0 Å². The van der Waals surface area contributed by atoms with E-state index in [4.69, 9.17) is 0 Å². The fourth-order valence-corrected chi connectivity index (χ4v) is 2.53. The molecule has 1 saturated carbocycles. The molecule has 0 radical (unpaired) electrons. The lowest BCUT2D eigenvalue weighted by Gasteiger charge is -2.07. The van der Waals surface area contributed by atoms with Crippen molar-refractivity contribution >= 4 is 11.8 Å². The van der Waals surface area contributed by atoms with E-state index in [0.29, 0.717) is 12.1 Å². The first-order valence-corrected chi connectivity index (χ1v) is 7.37. The van der Waals surface area contributed by atoms with Crippen LogP contribution in [0.25, 0.3) is 0 Å². The highest BCUT2D eigenvalue weighted by Crippen LogP contribution is 2.47. The number of hydrogen-bond donors (Lipinski definition) is 2. The molecule has 1 aliphatic carbocycles. The number of carbonyl (C=O) groups is 2. The molecule has 0 unspecified atom stereocenters. The predicted octanol–water partition coefficient (Wildman–Crippen LogP) is 1.71. The Labute approximate surface area is 132 Å². The largest absolute Gasteiger partial charge is 0.273 e. The molecule has 2 aromatic rings. The average molecular weight is 313 g/mol. The van der Waals surface area contributed by atoms with Crippen molar-refractivity contribution in [3.05, 3.63) is 65.7 Å². The average Bonchev–Trinajstić information content (AvgIpc) is 3.34. The maximum atomic E-state index is 13.2. The summed E-state index contributed by atoms with van der Waals surface area (Å²) in [4.78, 5) is 27.8. The van der Waals surface area contributed by atoms with Crippen LogP contribution in [-0.2, 0) is 16.0 Å². The second-order valence-electron chi connectivity index (χ2n) is 5.54. The Morgan fingerprint density at radius 2 is 2.04 bits per heavy atom. The van der Waals surface area contributed by atoms with Crippen LogP contribution >= 0.6 is 0 Å². The Morgan fingerprint density at radius 1 is 1.17 bits per heavy atom. The van der Waals surface area contributed by atoms with E-state index < -0.39 is 0 Å². The van der Waals surface area contributed by atoms with Crippen molar-refractivity contribution in [2.45, 2.75) is 18.8 Å². The van der Waals surface area contributed by atoms with E-state index in [1.54, 1.807) is 36.5 Å². The van der Waals surface area contributed by atoms with Crippen molar-refractivity contribution in [3.8, 4) is 0 Å². The van der Waals surface area contributed by atoms with Crippen LogP contribution in [-0.4, -0.2) is 16.8 Å². The standard InChI is InChI=1S/C17H16FN3O2/c18-12-5-3-4-11(8-12)14-10-15(14)17(23)21-20-16(22)9-13-6-1-2-7-19-13/h1-8,14-15H,9-10H2,(H,20,22)(H,21,23)/t14-,15-/m0/s1. The van der Waals surface area contributed by atoms with Crippen molar-refractivity contribution in [1.29, 1.82) is 0 Å². The maximum absolute atomic E-state index is 13.2. The highest BCUT2D eigenvalue weighted by molar-refractivity contribution is 5.86. The lowest BCUT2D eigenvalue weighted by Crippen LogP contribution is -2.43. The molecule has 1 aliphatic rings. The molecule has 3 rings (SSSR count). The Morgan fingerprint density at radius 3 is 2.78 bits per heavy atom. The van der Waals surface area contributed by atoms with E-state index in [-0.39, 0.29) is 35.9 Å². The quantitative estimate of drug-likeness (QED) is 0.844. The van der Waals surface area contributed by atoms with Crippen LogP contribution in [0.15, 0.2) is 48.7 Å².